The van der Waals surface area contributed by atoms with Crippen molar-refractivity contribution in [2.24, 2.45) is 0 Å². The Morgan fingerprint density at radius 2 is 2.08 bits per heavy atom. The Balaban J connectivity index is 1.62. The Hall–Kier alpha value is -1.92. The van der Waals surface area contributed by atoms with Crippen LogP contribution in [0.2, 0.25) is 0 Å². The molecule has 0 spiro atoms. The second-order valence-corrected chi connectivity index (χ2v) is 6.89. The van der Waals surface area contributed by atoms with Crippen molar-refractivity contribution in [3.05, 3.63) is 52.0 Å². The molecule has 0 radical (unpaired) electrons. The molecular weight excluding hydrogens is 322 g/mol. The smallest absolute Gasteiger partial charge is 0.314 e. The number of rotatable bonds is 8. The van der Waals surface area contributed by atoms with E-state index in [2.05, 4.69) is 15.6 Å². The Morgan fingerprint density at radius 3 is 2.75 bits per heavy atom. The average molecular weight is 347 g/mol. The number of aromatic nitrogens is 1. The minimum absolute atomic E-state index is 0.109. The fourth-order valence-electron chi connectivity index (χ4n) is 2.44. The minimum atomic E-state index is -0.574. The molecule has 6 heteroatoms. The summed E-state index contributed by atoms with van der Waals surface area (Å²) < 4.78 is 0. The molecule has 0 aliphatic heterocycles. The zero-order chi connectivity index (χ0) is 17.4. The molecule has 0 saturated heterocycles. The number of thiazole rings is 1. The predicted molar refractivity (Wildman–Crippen MR) is 97.2 cm³/mol. The van der Waals surface area contributed by atoms with E-state index in [4.69, 9.17) is 0 Å². The van der Waals surface area contributed by atoms with Crippen LogP contribution in [0.1, 0.15) is 42.1 Å². The van der Waals surface area contributed by atoms with E-state index < -0.39 is 6.10 Å². The van der Waals surface area contributed by atoms with Gasteiger partial charge in [0.2, 0.25) is 0 Å². The Labute approximate surface area is 147 Å². The van der Waals surface area contributed by atoms with Crippen LogP contribution in [0.5, 0.6) is 0 Å². The van der Waals surface area contributed by atoms with Gasteiger partial charge >= 0.3 is 6.03 Å². The van der Waals surface area contributed by atoms with Crippen molar-refractivity contribution in [2.45, 2.75) is 45.3 Å². The lowest BCUT2D eigenvalue weighted by atomic mass is 10.0. The molecule has 0 fully saturated rings. The van der Waals surface area contributed by atoms with Gasteiger partial charge < -0.3 is 15.7 Å². The molecule has 1 aromatic carbocycles. The van der Waals surface area contributed by atoms with E-state index >= 15 is 0 Å². The van der Waals surface area contributed by atoms with Gasteiger partial charge in [-0.3, -0.25) is 0 Å². The third-order valence-corrected chi connectivity index (χ3v) is 4.68. The summed E-state index contributed by atoms with van der Waals surface area (Å²) in [5.41, 5.74) is 1.91. The van der Waals surface area contributed by atoms with Crippen molar-refractivity contribution >= 4 is 17.4 Å². The van der Waals surface area contributed by atoms with Crippen LogP contribution in [0.25, 0.3) is 0 Å². The number of aliphatic hydroxyl groups is 1. The van der Waals surface area contributed by atoms with Crippen LogP contribution in [0.3, 0.4) is 0 Å². The van der Waals surface area contributed by atoms with E-state index in [9.17, 15) is 9.90 Å². The lowest BCUT2D eigenvalue weighted by Crippen LogP contribution is -2.41. The van der Waals surface area contributed by atoms with Crippen molar-refractivity contribution in [1.29, 1.82) is 0 Å². The first kappa shape index (κ1) is 18.4. The SMILES string of the molecule is Cc1csc(CCCNC(=O)NC(C)CC(O)c2ccccc2)n1. The molecule has 0 bridgehead atoms. The Bertz CT molecular complexity index is 630. The summed E-state index contributed by atoms with van der Waals surface area (Å²) in [7, 11) is 0. The van der Waals surface area contributed by atoms with Crippen LogP contribution < -0.4 is 10.6 Å². The first-order chi connectivity index (χ1) is 11.5. The number of amides is 2. The molecule has 24 heavy (non-hydrogen) atoms. The van der Waals surface area contributed by atoms with Gasteiger partial charge in [-0.25, -0.2) is 9.78 Å². The van der Waals surface area contributed by atoms with Crippen LogP contribution in [0.4, 0.5) is 4.79 Å². The molecule has 0 aliphatic carbocycles. The zero-order valence-electron chi connectivity index (χ0n) is 14.2. The topological polar surface area (TPSA) is 74.2 Å². The van der Waals surface area contributed by atoms with E-state index in [1.165, 1.54) is 0 Å². The van der Waals surface area contributed by atoms with Crippen LogP contribution in [0.15, 0.2) is 35.7 Å². The number of carbonyl (C=O) groups is 1. The summed E-state index contributed by atoms with van der Waals surface area (Å²) >= 11 is 1.66. The van der Waals surface area contributed by atoms with Gasteiger partial charge in [-0.1, -0.05) is 30.3 Å². The molecule has 2 rings (SSSR count). The summed E-state index contributed by atoms with van der Waals surface area (Å²) in [5.74, 6) is 0. The van der Waals surface area contributed by atoms with E-state index in [-0.39, 0.29) is 12.1 Å². The van der Waals surface area contributed by atoms with Crippen molar-refractivity contribution in [3.63, 3.8) is 0 Å². The van der Waals surface area contributed by atoms with Crippen molar-refractivity contribution < 1.29 is 9.90 Å². The van der Waals surface area contributed by atoms with Crippen LogP contribution >= 0.6 is 11.3 Å². The van der Waals surface area contributed by atoms with E-state index in [1.807, 2.05) is 49.6 Å². The summed E-state index contributed by atoms with van der Waals surface area (Å²) in [6.07, 6.45) is 1.65. The van der Waals surface area contributed by atoms with E-state index in [0.29, 0.717) is 13.0 Å². The van der Waals surface area contributed by atoms with Gasteiger partial charge in [0.25, 0.3) is 0 Å². The fraction of sp³-hybridized carbons (Fsp3) is 0.444. The second kappa shape index (κ2) is 9.39. The highest BCUT2D eigenvalue weighted by Gasteiger charge is 2.14. The molecule has 0 aliphatic rings. The standard InChI is InChI=1S/C18H25N3O2S/c1-13(11-16(22)15-7-4-3-5-8-15)21-18(23)19-10-6-9-17-20-14(2)12-24-17/h3-5,7-8,12-13,16,22H,6,9-11H2,1-2H3,(H2,19,21,23). The zero-order valence-corrected chi connectivity index (χ0v) is 15.0. The van der Waals surface area contributed by atoms with Gasteiger partial charge in [-0.05, 0) is 32.3 Å². The minimum Gasteiger partial charge on any atom is -0.388 e. The molecule has 0 saturated carbocycles. The maximum Gasteiger partial charge on any atom is 0.314 e. The fourth-order valence-corrected chi connectivity index (χ4v) is 3.26. The quantitative estimate of drug-likeness (QED) is 0.642. The third-order valence-electron chi connectivity index (χ3n) is 3.66. The number of nitrogens with zero attached hydrogens (tertiary/aromatic N) is 1. The molecule has 130 valence electrons. The van der Waals surface area contributed by atoms with E-state index in [0.717, 1.165) is 29.1 Å². The molecule has 1 heterocycles. The van der Waals surface area contributed by atoms with Crippen LogP contribution in [0, 0.1) is 6.92 Å². The van der Waals surface area contributed by atoms with Crippen LogP contribution in [-0.4, -0.2) is 28.7 Å². The second-order valence-electron chi connectivity index (χ2n) is 5.95. The van der Waals surface area contributed by atoms with Crippen molar-refractivity contribution in [1.82, 2.24) is 15.6 Å². The summed E-state index contributed by atoms with van der Waals surface area (Å²) in [6, 6.07) is 9.18. The third kappa shape index (κ3) is 6.29. The number of hydrogen-bond acceptors (Lipinski definition) is 4. The molecule has 5 nitrogen and oxygen atoms in total. The summed E-state index contributed by atoms with van der Waals surface area (Å²) in [6.45, 7) is 4.49. The molecule has 2 atom stereocenters. The van der Waals surface area contributed by atoms with Crippen molar-refractivity contribution in [3.8, 4) is 0 Å². The first-order valence-corrected chi connectivity index (χ1v) is 9.11. The Morgan fingerprint density at radius 1 is 1.33 bits per heavy atom. The Kier molecular flexibility index (Phi) is 7.21. The largest absolute Gasteiger partial charge is 0.388 e. The number of benzene rings is 1. The van der Waals surface area contributed by atoms with E-state index in [1.54, 1.807) is 11.3 Å². The maximum atomic E-state index is 11.9. The first-order valence-electron chi connectivity index (χ1n) is 8.23. The predicted octanol–water partition coefficient (Wildman–Crippen LogP) is 3.20. The lowest BCUT2D eigenvalue weighted by molar-refractivity contribution is 0.154. The monoisotopic (exact) mass is 347 g/mol. The highest BCUT2D eigenvalue weighted by Crippen LogP contribution is 2.17. The van der Waals surface area contributed by atoms with Gasteiger partial charge in [0.15, 0.2) is 0 Å². The average Bonchev–Trinajstić information content (AvgIpc) is 2.97. The van der Waals surface area contributed by atoms with Gasteiger partial charge in [0, 0.05) is 30.1 Å². The number of hydrogen-bond donors (Lipinski definition) is 3. The summed E-state index contributed by atoms with van der Waals surface area (Å²) in [5, 5.41) is 19.0. The molecule has 2 amide bonds. The number of nitrogens with one attached hydrogen (secondary N) is 2. The number of aliphatic hydroxyl groups excluding tert-OH is 1. The molecule has 1 aromatic heterocycles. The molecular formula is C18H25N3O2S. The van der Waals surface area contributed by atoms with Gasteiger partial charge in [0.1, 0.15) is 0 Å². The number of urea groups is 1. The maximum absolute atomic E-state index is 11.9. The highest BCUT2D eigenvalue weighted by molar-refractivity contribution is 7.09. The molecule has 2 unspecified atom stereocenters. The van der Waals surface area contributed by atoms with Gasteiger partial charge in [-0.15, -0.1) is 11.3 Å². The number of aryl methyl sites for hydroxylation is 2. The molecule has 3 N–H and O–H groups in total. The highest BCUT2D eigenvalue weighted by atomic mass is 32.1. The van der Waals surface area contributed by atoms with Crippen molar-refractivity contribution in [2.75, 3.05) is 6.54 Å². The van der Waals surface area contributed by atoms with Crippen LogP contribution in [-0.2, 0) is 6.42 Å². The molecule has 2 aromatic rings. The number of carbonyl (C=O) groups excluding carboxylic acids is 1. The van der Waals surface area contributed by atoms with Gasteiger partial charge in [0.05, 0.1) is 11.1 Å². The van der Waals surface area contributed by atoms with Gasteiger partial charge in [-0.2, -0.15) is 0 Å². The summed E-state index contributed by atoms with van der Waals surface area (Å²) in [4.78, 5) is 16.3. The lowest BCUT2D eigenvalue weighted by Gasteiger charge is -2.18. The normalized spacial score (nSPS) is 13.3.